The van der Waals surface area contributed by atoms with Crippen LogP contribution >= 0.6 is 22.7 Å². The minimum Gasteiger partial charge on any atom is -0.452 e. The molecule has 7 aromatic carbocycles. The summed E-state index contributed by atoms with van der Waals surface area (Å²) in [5, 5.41) is 5.66. The van der Waals surface area contributed by atoms with Crippen molar-refractivity contribution in [1.82, 2.24) is 24.9 Å². The van der Waals surface area contributed by atoms with Gasteiger partial charge >= 0.3 is 0 Å². The number of hydrogen-bond donors (Lipinski definition) is 0. The van der Waals surface area contributed by atoms with Crippen LogP contribution in [0.2, 0.25) is 0 Å². The molecule has 5 heterocycles. The van der Waals surface area contributed by atoms with Crippen LogP contribution in [0.4, 0.5) is 0 Å². The van der Waals surface area contributed by atoms with Gasteiger partial charge in [-0.3, -0.25) is 0 Å². The highest BCUT2D eigenvalue weighted by atomic mass is 32.1. The van der Waals surface area contributed by atoms with Crippen LogP contribution in [-0.2, 0) is 0 Å². The van der Waals surface area contributed by atoms with E-state index in [9.17, 15) is 0 Å². The Morgan fingerprint density at radius 3 is 1.88 bits per heavy atom. The monoisotopic (exact) mass is 765 g/mol. The third-order valence-corrected chi connectivity index (χ3v) is 12.9. The summed E-state index contributed by atoms with van der Waals surface area (Å²) in [4.78, 5) is 25.9. The SMILES string of the molecule is c1ccc(-c2nc(-c3ccc4c(c3)sc3ccccc34)nc(-c3cccc4c3sc3cccc(-c5nc(-c6ccccc6)c6oc7ccccc7c6n5)c34)n2)cc1. The van der Waals surface area contributed by atoms with Gasteiger partial charge in [-0.25, -0.2) is 24.9 Å². The molecule has 0 saturated heterocycles. The van der Waals surface area contributed by atoms with Gasteiger partial charge in [0.2, 0.25) is 0 Å². The summed E-state index contributed by atoms with van der Waals surface area (Å²) in [5.74, 6) is 2.55. The molecular formula is C49H27N5OS2. The Morgan fingerprint density at radius 1 is 0.386 bits per heavy atom. The Labute approximate surface area is 333 Å². The highest BCUT2D eigenvalue weighted by molar-refractivity contribution is 7.26. The number of benzene rings is 7. The molecule has 0 radical (unpaired) electrons. The molecule has 266 valence electrons. The fourth-order valence-electron chi connectivity index (χ4n) is 7.92. The molecule has 12 aromatic rings. The minimum atomic E-state index is 0.628. The number of fused-ring (bicyclic) bond motifs is 9. The molecule has 0 aliphatic carbocycles. The molecule has 0 amide bonds. The highest BCUT2D eigenvalue weighted by Crippen LogP contribution is 2.45. The second-order valence-corrected chi connectivity index (χ2v) is 16.1. The van der Waals surface area contributed by atoms with Crippen molar-refractivity contribution in [3.63, 3.8) is 0 Å². The lowest BCUT2D eigenvalue weighted by Crippen LogP contribution is -2.00. The van der Waals surface area contributed by atoms with Crippen molar-refractivity contribution in [3.05, 3.63) is 164 Å². The predicted octanol–water partition coefficient (Wildman–Crippen LogP) is 13.6. The fourth-order valence-corrected chi connectivity index (χ4v) is 10.3. The molecule has 0 fully saturated rings. The molecule has 0 aliphatic heterocycles. The average molecular weight is 766 g/mol. The second-order valence-electron chi connectivity index (χ2n) is 14.0. The van der Waals surface area contributed by atoms with Gasteiger partial charge in [0.05, 0.1) is 0 Å². The van der Waals surface area contributed by atoms with Gasteiger partial charge < -0.3 is 4.42 Å². The summed E-state index contributed by atoms with van der Waals surface area (Å²) in [6.45, 7) is 0. The van der Waals surface area contributed by atoms with E-state index < -0.39 is 0 Å². The summed E-state index contributed by atoms with van der Waals surface area (Å²) in [5.41, 5.74) is 7.80. The maximum Gasteiger partial charge on any atom is 0.180 e. The zero-order chi connectivity index (χ0) is 37.5. The molecule has 0 atom stereocenters. The fraction of sp³-hybridized carbons (Fsp3) is 0. The first-order chi connectivity index (χ1) is 28.2. The molecule has 0 unspecified atom stereocenters. The summed E-state index contributed by atoms with van der Waals surface area (Å²) in [7, 11) is 0. The number of aromatic nitrogens is 5. The average Bonchev–Trinajstić information content (AvgIpc) is 3.97. The third-order valence-electron chi connectivity index (χ3n) is 10.6. The van der Waals surface area contributed by atoms with Crippen LogP contribution in [0.1, 0.15) is 0 Å². The van der Waals surface area contributed by atoms with E-state index in [2.05, 4.69) is 97.1 Å². The largest absolute Gasteiger partial charge is 0.452 e. The molecule has 0 spiro atoms. The van der Waals surface area contributed by atoms with E-state index in [4.69, 9.17) is 29.3 Å². The van der Waals surface area contributed by atoms with E-state index in [1.807, 2.05) is 66.7 Å². The van der Waals surface area contributed by atoms with Crippen molar-refractivity contribution in [1.29, 1.82) is 0 Å². The zero-order valence-electron chi connectivity index (χ0n) is 30.0. The normalized spacial score (nSPS) is 11.9. The van der Waals surface area contributed by atoms with Crippen LogP contribution in [0.25, 0.3) is 119 Å². The van der Waals surface area contributed by atoms with E-state index >= 15 is 0 Å². The number of thiophene rings is 2. The Bertz CT molecular complexity index is 3540. The maximum atomic E-state index is 6.41. The zero-order valence-corrected chi connectivity index (χ0v) is 31.7. The Morgan fingerprint density at radius 2 is 1.02 bits per heavy atom. The first-order valence-electron chi connectivity index (χ1n) is 18.7. The lowest BCUT2D eigenvalue weighted by molar-refractivity contribution is 0.667. The topological polar surface area (TPSA) is 77.6 Å². The van der Waals surface area contributed by atoms with Crippen molar-refractivity contribution in [2.75, 3.05) is 0 Å². The molecule has 57 heavy (non-hydrogen) atoms. The van der Waals surface area contributed by atoms with Gasteiger partial charge in [-0.2, -0.15) is 0 Å². The van der Waals surface area contributed by atoms with Gasteiger partial charge in [0.1, 0.15) is 16.8 Å². The summed E-state index contributed by atoms with van der Waals surface area (Å²) in [6.07, 6.45) is 0. The summed E-state index contributed by atoms with van der Waals surface area (Å²) >= 11 is 3.53. The van der Waals surface area contributed by atoms with Gasteiger partial charge in [0, 0.05) is 73.5 Å². The maximum absolute atomic E-state index is 6.41. The van der Waals surface area contributed by atoms with Crippen LogP contribution in [0.3, 0.4) is 0 Å². The van der Waals surface area contributed by atoms with Crippen molar-refractivity contribution in [2.45, 2.75) is 0 Å². The highest BCUT2D eigenvalue weighted by Gasteiger charge is 2.22. The lowest BCUT2D eigenvalue weighted by atomic mass is 10.0. The van der Waals surface area contributed by atoms with E-state index in [-0.39, 0.29) is 0 Å². The van der Waals surface area contributed by atoms with Crippen molar-refractivity contribution in [2.24, 2.45) is 0 Å². The molecule has 0 aliphatic rings. The Balaban J connectivity index is 1.07. The van der Waals surface area contributed by atoms with E-state index in [0.717, 1.165) is 70.2 Å². The lowest BCUT2D eigenvalue weighted by Gasteiger charge is -2.10. The first-order valence-corrected chi connectivity index (χ1v) is 20.3. The molecule has 8 heteroatoms. The summed E-state index contributed by atoms with van der Waals surface area (Å²) in [6, 6.07) is 56.3. The van der Waals surface area contributed by atoms with Crippen LogP contribution in [0.15, 0.2) is 168 Å². The van der Waals surface area contributed by atoms with Gasteiger partial charge in [0.25, 0.3) is 0 Å². The number of furan rings is 1. The number of nitrogens with zero attached hydrogens (tertiary/aromatic N) is 5. The standard InChI is InChI=1S/C49H27N5OS2/c1-3-13-28(14-4-1)42-44-43(33-18-7-9-22-37(33)55-44)51-48(50-42)35-20-12-24-39-41(35)34-19-11-21-36(45(34)57-39)49-53-46(29-15-5-2-6-16-29)52-47(54-49)30-25-26-32-31-17-8-10-23-38(31)56-40(32)27-30/h1-27H. The van der Waals surface area contributed by atoms with Gasteiger partial charge in [-0.1, -0.05) is 127 Å². The number of para-hydroxylation sites is 1. The molecule has 0 bridgehead atoms. The van der Waals surface area contributed by atoms with Crippen molar-refractivity contribution >= 4 is 85.1 Å². The smallest absolute Gasteiger partial charge is 0.180 e. The predicted molar refractivity (Wildman–Crippen MR) is 236 cm³/mol. The second kappa shape index (κ2) is 12.7. The van der Waals surface area contributed by atoms with E-state index in [0.29, 0.717) is 28.9 Å². The van der Waals surface area contributed by atoms with Crippen LogP contribution in [-0.4, -0.2) is 24.9 Å². The van der Waals surface area contributed by atoms with E-state index in [1.165, 1.54) is 20.2 Å². The van der Waals surface area contributed by atoms with Crippen LogP contribution in [0.5, 0.6) is 0 Å². The molecule has 5 aromatic heterocycles. The third kappa shape index (κ3) is 5.19. The van der Waals surface area contributed by atoms with E-state index in [1.54, 1.807) is 22.7 Å². The number of hydrogen-bond acceptors (Lipinski definition) is 8. The number of rotatable bonds is 5. The Hall–Kier alpha value is -7.13. The van der Waals surface area contributed by atoms with Gasteiger partial charge in [-0.05, 0) is 36.4 Å². The summed E-state index contributed by atoms with van der Waals surface area (Å²) < 4.78 is 11.1. The first kappa shape index (κ1) is 32.1. The molecule has 0 N–H and O–H groups in total. The van der Waals surface area contributed by atoms with Gasteiger partial charge in [0.15, 0.2) is 28.9 Å². The quantitative estimate of drug-likeness (QED) is 0.174. The van der Waals surface area contributed by atoms with Crippen LogP contribution in [0, 0.1) is 0 Å². The molecular weight excluding hydrogens is 739 g/mol. The van der Waals surface area contributed by atoms with Crippen LogP contribution < -0.4 is 0 Å². The molecule has 12 rings (SSSR count). The van der Waals surface area contributed by atoms with Crippen molar-refractivity contribution in [3.8, 4) is 56.8 Å². The molecule has 0 saturated carbocycles. The minimum absolute atomic E-state index is 0.628. The van der Waals surface area contributed by atoms with Crippen molar-refractivity contribution < 1.29 is 4.42 Å². The molecule has 6 nitrogen and oxygen atoms in total. The Kier molecular flexibility index (Phi) is 7.17. The van der Waals surface area contributed by atoms with Gasteiger partial charge in [-0.15, -0.1) is 22.7 Å².